The molecule has 0 saturated carbocycles. The molecule has 0 fully saturated rings. The summed E-state index contributed by atoms with van der Waals surface area (Å²) in [6, 6.07) is 9.81. The lowest BCUT2D eigenvalue weighted by Gasteiger charge is -2.09. The van der Waals surface area contributed by atoms with E-state index in [9.17, 15) is 19.3 Å². The average molecular weight is 289 g/mol. The van der Waals surface area contributed by atoms with E-state index in [1.54, 1.807) is 31.2 Å². The van der Waals surface area contributed by atoms with Gasteiger partial charge in [0.25, 0.3) is 0 Å². The van der Waals surface area contributed by atoms with Gasteiger partial charge < -0.3 is 4.74 Å². The Bertz CT molecular complexity index is 700. The number of halogens is 1. The number of hydrogen-bond donors (Lipinski definition) is 0. The number of nitrogens with zero attached hydrogens (tertiary/aromatic N) is 1. The number of hydrogen-bond acceptors (Lipinski definition) is 4. The molecule has 0 aliphatic carbocycles. The molecule has 0 aliphatic heterocycles. The SMILES string of the molecule is CCC(=O)c1ccccc1Oc1ccc([N+](=O)[O-])c(F)c1. The van der Waals surface area contributed by atoms with Crippen molar-refractivity contribution in [3.05, 3.63) is 64.0 Å². The predicted molar refractivity (Wildman–Crippen MR) is 74.2 cm³/mol. The molecule has 2 aromatic carbocycles. The summed E-state index contributed by atoms with van der Waals surface area (Å²) in [6.45, 7) is 1.73. The number of ketones is 1. The molecule has 0 radical (unpaired) electrons. The first-order valence-corrected chi connectivity index (χ1v) is 6.27. The largest absolute Gasteiger partial charge is 0.456 e. The fourth-order valence-corrected chi connectivity index (χ4v) is 1.80. The van der Waals surface area contributed by atoms with Crippen molar-refractivity contribution in [2.24, 2.45) is 0 Å². The highest BCUT2D eigenvalue weighted by Crippen LogP contribution is 2.29. The molecule has 0 saturated heterocycles. The molecule has 0 aliphatic rings. The molecule has 2 aromatic rings. The smallest absolute Gasteiger partial charge is 0.305 e. The van der Waals surface area contributed by atoms with Gasteiger partial charge in [-0.3, -0.25) is 14.9 Å². The second-order valence-electron chi connectivity index (χ2n) is 4.25. The van der Waals surface area contributed by atoms with Crippen LogP contribution < -0.4 is 4.74 Å². The van der Waals surface area contributed by atoms with Crippen molar-refractivity contribution in [2.75, 3.05) is 0 Å². The van der Waals surface area contributed by atoms with Crippen LogP contribution in [0.2, 0.25) is 0 Å². The summed E-state index contributed by atoms with van der Waals surface area (Å²) < 4.78 is 19.0. The third-order valence-electron chi connectivity index (χ3n) is 2.85. The van der Waals surface area contributed by atoms with Crippen LogP contribution in [0.4, 0.5) is 10.1 Å². The van der Waals surface area contributed by atoms with E-state index in [1.165, 1.54) is 6.07 Å². The van der Waals surface area contributed by atoms with Crippen LogP contribution in [-0.4, -0.2) is 10.7 Å². The standard InChI is InChI=1S/C15H12FNO4/c1-2-14(18)11-5-3-4-6-15(11)21-10-7-8-13(17(19)20)12(16)9-10/h3-9H,2H2,1H3. The Morgan fingerprint density at radius 2 is 2.00 bits per heavy atom. The molecule has 6 heteroatoms. The quantitative estimate of drug-likeness (QED) is 0.471. The van der Waals surface area contributed by atoms with Gasteiger partial charge in [-0.1, -0.05) is 19.1 Å². The van der Waals surface area contributed by atoms with Crippen molar-refractivity contribution in [1.82, 2.24) is 0 Å². The topological polar surface area (TPSA) is 69.4 Å². The van der Waals surface area contributed by atoms with Crippen molar-refractivity contribution in [3.8, 4) is 11.5 Å². The molecule has 0 heterocycles. The number of para-hydroxylation sites is 1. The summed E-state index contributed by atoms with van der Waals surface area (Å²) in [7, 11) is 0. The van der Waals surface area contributed by atoms with Gasteiger partial charge in [0.1, 0.15) is 11.5 Å². The molecule has 0 amide bonds. The summed E-state index contributed by atoms with van der Waals surface area (Å²) in [6.07, 6.45) is 0.314. The number of benzene rings is 2. The molecule has 0 atom stereocenters. The third-order valence-corrected chi connectivity index (χ3v) is 2.85. The van der Waals surface area contributed by atoms with E-state index in [0.29, 0.717) is 12.0 Å². The lowest BCUT2D eigenvalue weighted by Crippen LogP contribution is -2.00. The Kier molecular flexibility index (Phi) is 4.27. The number of nitro benzene ring substituents is 1. The maximum absolute atomic E-state index is 13.5. The molecule has 0 spiro atoms. The average Bonchev–Trinajstić information content (AvgIpc) is 2.46. The fraction of sp³-hybridized carbons (Fsp3) is 0.133. The third kappa shape index (κ3) is 3.22. The van der Waals surface area contributed by atoms with Crippen molar-refractivity contribution in [3.63, 3.8) is 0 Å². The van der Waals surface area contributed by atoms with Crippen molar-refractivity contribution < 1.29 is 18.8 Å². The number of Topliss-reactive ketones (excluding diaryl/α,β-unsaturated/α-hetero) is 1. The van der Waals surface area contributed by atoms with E-state index in [4.69, 9.17) is 4.74 Å². The van der Waals surface area contributed by atoms with Crippen molar-refractivity contribution >= 4 is 11.5 Å². The van der Waals surface area contributed by atoms with Crippen molar-refractivity contribution in [2.45, 2.75) is 13.3 Å². The zero-order valence-electron chi connectivity index (χ0n) is 11.2. The first kappa shape index (κ1) is 14.6. The maximum atomic E-state index is 13.5. The van der Waals surface area contributed by atoms with Crippen molar-refractivity contribution in [1.29, 1.82) is 0 Å². The summed E-state index contributed by atoms with van der Waals surface area (Å²) in [5, 5.41) is 10.6. The Hall–Kier alpha value is -2.76. The highest BCUT2D eigenvalue weighted by Gasteiger charge is 2.16. The van der Waals surface area contributed by atoms with Gasteiger partial charge in [0.05, 0.1) is 10.5 Å². The molecule has 5 nitrogen and oxygen atoms in total. The Balaban J connectivity index is 2.33. The van der Waals surface area contributed by atoms with Crippen LogP contribution in [0.1, 0.15) is 23.7 Å². The van der Waals surface area contributed by atoms with E-state index < -0.39 is 16.4 Å². The van der Waals surface area contributed by atoms with Gasteiger partial charge in [0.15, 0.2) is 5.78 Å². The Labute approximate surface area is 120 Å². The van der Waals surface area contributed by atoms with E-state index >= 15 is 0 Å². The van der Waals surface area contributed by atoms with Crippen LogP contribution in [0, 0.1) is 15.9 Å². The molecule has 21 heavy (non-hydrogen) atoms. The molecule has 0 aromatic heterocycles. The second-order valence-corrected chi connectivity index (χ2v) is 4.25. The number of rotatable bonds is 5. The lowest BCUT2D eigenvalue weighted by molar-refractivity contribution is -0.387. The van der Waals surface area contributed by atoms with Crippen LogP contribution in [0.15, 0.2) is 42.5 Å². The fourth-order valence-electron chi connectivity index (χ4n) is 1.80. The summed E-state index contributed by atoms with van der Waals surface area (Å²) >= 11 is 0. The second kappa shape index (κ2) is 6.13. The zero-order valence-corrected chi connectivity index (χ0v) is 11.2. The van der Waals surface area contributed by atoms with E-state index in [2.05, 4.69) is 0 Å². The first-order valence-electron chi connectivity index (χ1n) is 6.27. The highest BCUT2D eigenvalue weighted by atomic mass is 19.1. The van der Waals surface area contributed by atoms with Gasteiger partial charge in [-0.2, -0.15) is 4.39 Å². The summed E-state index contributed by atoms with van der Waals surface area (Å²) in [5.74, 6) is -0.711. The molecule has 108 valence electrons. The Morgan fingerprint density at radius 1 is 1.29 bits per heavy atom. The van der Waals surface area contributed by atoms with Crippen LogP contribution in [0.5, 0.6) is 11.5 Å². The molecular formula is C15H12FNO4. The number of nitro groups is 1. The summed E-state index contributed by atoms with van der Waals surface area (Å²) in [5.41, 5.74) is -0.237. The van der Waals surface area contributed by atoms with Gasteiger partial charge in [-0.15, -0.1) is 0 Å². The minimum absolute atomic E-state index is 0.0921. The van der Waals surface area contributed by atoms with Gasteiger partial charge >= 0.3 is 5.69 Å². The molecule has 0 unspecified atom stereocenters. The number of carbonyl (C=O) groups is 1. The molecule has 0 N–H and O–H groups in total. The number of carbonyl (C=O) groups excluding carboxylic acids is 1. The van der Waals surface area contributed by atoms with E-state index in [0.717, 1.165) is 12.1 Å². The molecule has 0 bridgehead atoms. The van der Waals surface area contributed by atoms with E-state index in [-0.39, 0.29) is 17.3 Å². The van der Waals surface area contributed by atoms with Gasteiger partial charge in [0, 0.05) is 18.6 Å². The maximum Gasteiger partial charge on any atom is 0.305 e. The molecular weight excluding hydrogens is 277 g/mol. The normalized spacial score (nSPS) is 10.2. The highest BCUT2D eigenvalue weighted by molar-refractivity contribution is 5.98. The van der Waals surface area contributed by atoms with Crippen LogP contribution in [-0.2, 0) is 0 Å². The minimum atomic E-state index is -0.989. The number of ether oxygens (including phenoxy) is 1. The molecule has 2 rings (SSSR count). The predicted octanol–water partition coefficient (Wildman–Crippen LogP) is 4.12. The minimum Gasteiger partial charge on any atom is -0.456 e. The first-order chi connectivity index (χ1) is 10.0. The van der Waals surface area contributed by atoms with Gasteiger partial charge in [0.2, 0.25) is 5.82 Å². The van der Waals surface area contributed by atoms with Crippen LogP contribution in [0.3, 0.4) is 0 Å². The zero-order chi connectivity index (χ0) is 15.4. The van der Waals surface area contributed by atoms with Gasteiger partial charge in [-0.05, 0) is 18.2 Å². The monoisotopic (exact) mass is 289 g/mol. The van der Waals surface area contributed by atoms with Crippen LogP contribution >= 0.6 is 0 Å². The Morgan fingerprint density at radius 3 is 2.62 bits per heavy atom. The van der Waals surface area contributed by atoms with Crippen LogP contribution in [0.25, 0.3) is 0 Å². The summed E-state index contributed by atoms with van der Waals surface area (Å²) in [4.78, 5) is 21.5. The van der Waals surface area contributed by atoms with E-state index in [1.807, 2.05) is 0 Å². The lowest BCUT2D eigenvalue weighted by atomic mass is 10.1. The van der Waals surface area contributed by atoms with Gasteiger partial charge in [-0.25, -0.2) is 0 Å².